The van der Waals surface area contributed by atoms with Gasteiger partial charge in [0.05, 0.1) is 0 Å². The Kier molecular flexibility index (Phi) is 4.21. The largest absolute Gasteiger partial charge is 0.333 e. The molecule has 4 bridgehead atoms. The molecule has 1 saturated heterocycles. The van der Waals surface area contributed by atoms with Crippen LogP contribution in [0.5, 0.6) is 0 Å². The topological polar surface area (TPSA) is 32.3 Å². The molecule has 0 radical (unpaired) electrons. The summed E-state index contributed by atoms with van der Waals surface area (Å²) in [5.74, 6) is 3.38. The normalized spacial score (nSPS) is 36.3. The van der Waals surface area contributed by atoms with Gasteiger partial charge in [0.1, 0.15) is 0 Å². The van der Waals surface area contributed by atoms with Crippen LogP contribution in [0.2, 0.25) is 0 Å². The molecule has 4 saturated carbocycles. The molecule has 2 amide bonds. The number of urea groups is 1. The van der Waals surface area contributed by atoms with Crippen molar-refractivity contribution in [3.63, 3.8) is 0 Å². The van der Waals surface area contributed by atoms with Crippen molar-refractivity contribution in [1.82, 2.24) is 10.2 Å². The van der Waals surface area contributed by atoms with Gasteiger partial charge in [-0.3, -0.25) is 0 Å². The van der Waals surface area contributed by atoms with E-state index >= 15 is 0 Å². The second-order valence-corrected chi connectivity index (χ2v) is 9.75. The molecular weight excluding hydrogens is 320 g/mol. The van der Waals surface area contributed by atoms with Crippen LogP contribution in [0.1, 0.15) is 56.9 Å². The Bertz CT molecular complexity index is 612. The number of nitrogens with one attached hydrogen (secondary N) is 1. The summed E-state index contributed by atoms with van der Waals surface area (Å²) in [5, 5.41) is 3.55. The van der Waals surface area contributed by atoms with Gasteiger partial charge < -0.3 is 10.2 Å². The van der Waals surface area contributed by atoms with Crippen LogP contribution in [0.4, 0.5) is 4.79 Å². The summed E-state index contributed by atoms with van der Waals surface area (Å²) < 4.78 is 0. The summed E-state index contributed by atoms with van der Waals surface area (Å²) in [5.41, 5.74) is 1.58. The van der Waals surface area contributed by atoms with Crippen LogP contribution >= 0.6 is 0 Å². The monoisotopic (exact) mass is 352 g/mol. The van der Waals surface area contributed by atoms with Crippen molar-refractivity contribution in [3.05, 3.63) is 35.9 Å². The number of amides is 2. The number of likely N-dealkylation sites (tertiary alicyclic amines) is 1. The number of benzene rings is 1. The van der Waals surface area contributed by atoms with Gasteiger partial charge in [0, 0.05) is 18.6 Å². The van der Waals surface area contributed by atoms with Crippen LogP contribution in [0.3, 0.4) is 0 Å². The highest BCUT2D eigenvalue weighted by atomic mass is 16.2. The van der Waals surface area contributed by atoms with E-state index in [4.69, 9.17) is 0 Å². The van der Waals surface area contributed by atoms with Gasteiger partial charge in [-0.05, 0) is 87.0 Å². The first-order valence-corrected chi connectivity index (χ1v) is 10.8. The molecular formula is C23H32N2O. The first kappa shape index (κ1) is 16.6. The van der Waals surface area contributed by atoms with Gasteiger partial charge in [-0.1, -0.05) is 30.3 Å². The maximum absolute atomic E-state index is 13.0. The van der Waals surface area contributed by atoms with Crippen LogP contribution < -0.4 is 5.32 Å². The molecule has 3 heteroatoms. The lowest BCUT2D eigenvalue weighted by Gasteiger charge is -2.57. The van der Waals surface area contributed by atoms with Gasteiger partial charge in [0.25, 0.3) is 0 Å². The molecule has 26 heavy (non-hydrogen) atoms. The second kappa shape index (κ2) is 6.58. The molecule has 6 rings (SSSR count). The molecule has 140 valence electrons. The van der Waals surface area contributed by atoms with Crippen molar-refractivity contribution in [2.45, 2.75) is 63.3 Å². The molecule has 4 aliphatic carbocycles. The van der Waals surface area contributed by atoms with Crippen LogP contribution in [-0.4, -0.2) is 29.6 Å². The van der Waals surface area contributed by atoms with Gasteiger partial charge in [-0.25, -0.2) is 4.79 Å². The van der Waals surface area contributed by atoms with Gasteiger partial charge in [-0.15, -0.1) is 0 Å². The van der Waals surface area contributed by atoms with Crippen LogP contribution in [0.25, 0.3) is 0 Å². The van der Waals surface area contributed by atoms with Gasteiger partial charge in [0.15, 0.2) is 0 Å². The molecule has 5 aliphatic rings. The minimum atomic E-state index is 0.146. The average molecular weight is 353 g/mol. The Morgan fingerprint density at radius 1 is 0.962 bits per heavy atom. The number of carbonyl (C=O) groups is 1. The fourth-order valence-corrected chi connectivity index (χ4v) is 6.86. The van der Waals surface area contributed by atoms with E-state index in [9.17, 15) is 4.79 Å². The van der Waals surface area contributed by atoms with E-state index in [1.807, 2.05) is 0 Å². The maximum atomic E-state index is 13.0. The SMILES string of the molecule is O=C(NC12CC3CC(CC(C3)C1)C2)N1CCC(Cc2ccccc2)CC1. The van der Waals surface area contributed by atoms with Crippen molar-refractivity contribution >= 4 is 6.03 Å². The number of hydrogen-bond donors (Lipinski definition) is 1. The lowest BCUT2D eigenvalue weighted by Crippen LogP contribution is -2.62. The number of hydrogen-bond acceptors (Lipinski definition) is 1. The van der Waals surface area contributed by atoms with E-state index in [1.165, 1.54) is 44.1 Å². The molecule has 1 aromatic rings. The molecule has 0 atom stereocenters. The first-order chi connectivity index (χ1) is 12.7. The zero-order valence-corrected chi connectivity index (χ0v) is 15.8. The minimum Gasteiger partial charge on any atom is -0.333 e. The van der Waals surface area contributed by atoms with Gasteiger partial charge in [0.2, 0.25) is 0 Å². The average Bonchev–Trinajstić information content (AvgIpc) is 2.61. The Labute approximate surface area is 157 Å². The second-order valence-electron chi connectivity index (χ2n) is 9.75. The Hall–Kier alpha value is -1.51. The standard InChI is InChI=1S/C23H32N2O/c26-22(24-23-14-19-11-20(15-23)13-21(12-19)16-23)25-8-6-18(7-9-25)10-17-4-2-1-3-5-17/h1-5,18-21H,6-16H2,(H,24,26). The third-order valence-electron chi connectivity index (χ3n) is 7.68. The third kappa shape index (κ3) is 3.25. The minimum absolute atomic E-state index is 0.146. The van der Waals surface area contributed by atoms with E-state index in [2.05, 4.69) is 40.5 Å². The van der Waals surface area contributed by atoms with Gasteiger partial charge >= 0.3 is 6.03 Å². The molecule has 1 aliphatic heterocycles. The Balaban J connectivity index is 1.15. The van der Waals surface area contributed by atoms with E-state index in [0.29, 0.717) is 0 Å². The summed E-state index contributed by atoms with van der Waals surface area (Å²) in [6.07, 6.45) is 11.5. The van der Waals surface area contributed by atoms with E-state index in [1.54, 1.807) is 0 Å². The summed E-state index contributed by atoms with van der Waals surface area (Å²) >= 11 is 0. The molecule has 0 unspecified atom stereocenters. The third-order valence-corrected chi connectivity index (χ3v) is 7.68. The van der Waals surface area contributed by atoms with Crippen molar-refractivity contribution in [2.24, 2.45) is 23.7 Å². The fourth-order valence-electron chi connectivity index (χ4n) is 6.86. The molecule has 3 nitrogen and oxygen atoms in total. The lowest BCUT2D eigenvalue weighted by atomic mass is 9.53. The molecule has 0 spiro atoms. The first-order valence-electron chi connectivity index (χ1n) is 10.8. The fraction of sp³-hybridized carbons (Fsp3) is 0.696. The molecule has 1 N–H and O–H groups in total. The molecule has 5 fully saturated rings. The zero-order chi connectivity index (χ0) is 17.6. The van der Waals surface area contributed by atoms with Crippen molar-refractivity contribution in [2.75, 3.05) is 13.1 Å². The van der Waals surface area contributed by atoms with Crippen LogP contribution in [0, 0.1) is 23.7 Å². The molecule has 1 heterocycles. The van der Waals surface area contributed by atoms with Crippen LogP contribution in [-0.2, 0) is 6.42 Å². The van der Waals surface area contributed by atoms with Crippen molar-refractivity contribution < 1.29 is 4.79 Å². The lowest BCUT2D eigenvalue weighted by molar-refractivity contribution is -0.0161. The summed E-state index contributed by atoms with van der Waals surface area (Å²) in [4.78, 5) is 15.1. The predicted molar refractivity (Wildman–Crippen MR) is 104 cm³/mol. The summed E-state index contributed by atoms with van der Waals surface area (Å²) in [6, 6.07) is 11.0. The summed E-state index contributed by atoms with van der Waals surface area (Å²) in [7, 11) is 0. The van der Waals surface area contributed by atoms with Crippen LogP contribution in [0.15, 0.2) is 30.3 Å². The number of nitrogens with zero attached hydrogens (tertiary/aromatic N) is 1. The smallest absolute Gasteiger partial charge is 0.317 e. The quantitative estimate of drug-likeness (QED) is 0.846. The summed E-state index contributed by atoms with van der Waals surface area (Å²) in [6.45, 7) is 1.85. The highest BCUT2D eigenvalue weighted by Gasteiger charge is 2.51. The molecule has 1 aromatic carbocycles. The number of piperidine rings is 1. The highest BCUT2D eigenvalue weighted by molar-refractivity contribution is 5.75. The van der Waals surface area contributed by atoms with E-state index in [0.717, 1.165) is 56.0 Å². The highest BCUT2D eigenvalue weighted by Crippen LogP contribution is 2.55. The zero-order valence-electron chi connectivity index (χ0n) is 15.8. The number of carbonyl (C=O) groups excluding carboxylic acids is 1. The Morgan fingerprint density at radius 2 is 1.54 bits per heavy atom. The van der Waals surface area contributed by atoms with E-state index < -0.39 is 0 Å². The predicted octanol–water partition coefficient (Wildman–Crippen LogP) is 4.62. The van der Waals surface area contributed by atoms with E-state index in [-0.39, 0.29) is 11.6 Å². The number of rotatable bonds is 3. The van der Waals surface area contributed by atoms with Crippen molar-refractivity contribution in [3.8, 4) is 0 Å². The Morgan fingerprint density at radius 3 is 2.12 bits per heavy atom. The molecule has 0 aromatic heterocycles. The van der Waals surface area contributed by atoms with Crippen molar-refractivity contribution in [1.29, 1.82) is 0 Å². The van der Waals surface area contributed by atoms with Gasteiger partial charge in [-0.2, -0.15) is 0 Å². The maximum Gasteiger partial charge on any atom is 0.317 e.